The van der Waals surface area contributed by atoms with Gasteiger partial charge in [-0.2, -0.15) is 0 Å². The lowest BCUT2D eigenvalue weighted by Gasteiger charge is -2.17. The van der Waals surface area contributed by atoms with Crippen molar-refractivity contribution in [3.8, 4) is 11.5 Å². The Morgan fingerprint density at radius 2 is 1.53 bits per heavy atom. The fourth-order valence-electron chi connectivity index (χ4n) is 3.85. The maximum Gasteiger partial charge on any atom is 0.265 e. The van der Waals surface area contributed by atoms with Crippen molar-refractivity contribution in [3.63, 3.8) is 0 Å². The van der Waals surface area contributed by atoms with Gasteiger partial charge in [-0.3, -0.25) is 9.52 Å². The number of para-hydroxylation sites is 1. The number of rotatable bonds is 11. The third-order valence-corrected chi connectivity index (χ3v) is 7.09. The van der Waals surface area contributed by atoms with E-state index in [1.807, 2.05) is 20.8 Å². The molecule has 0 atom stereocenters. The molecule has 0 heterocycles. The Balaban J connectivity index is 1.60. The number of carbonyl (C=O) groups excluding carboxylic acids is 1. The first kappa shape index (κ1) is 26.9. The topological polar surface area (TPSA) is 106 Å². The van der Waals surface area contributed by atoms with Gasteiger partial charge in [0.25, 0.3) is 15.9 Å². The molecule has 0 spiro atoms. The number of carbonyl (C=O) groups is 1. The lowest BCUT2D eigenvalue weighted by Crippen LogP contribution is -2.29. The summed E-state index contributed by atoms with van der Waals surface area (Å²) in [6, 6.07) is 17.4. The summed E-state index contributed by atoms with van der Waals surface area (Å²) in [5.41, 5.74) is 3.63. The Kier molecular flexibility index (Phi) is 8.82. The fourth-order valence-corrected chi connectivity index (χ4v) is 5.09. The van der Waals surface area contributed by atoms with Crippen molar-refractivity contribution in [1.82, 2.24) is 5.32 Å². The van der Waals surface area contributed by atoms with Crippen LogP contribution >= 0.6 is 0 Å². The van der Waals surface area contributed by atoms with Crippen LogP contribution in [0, 0.1) is 6.92 Å². The van der Waals surface area contributed by atoms with E-state index in [-0.39, 0.29) is 16.7 Å². The minimum atomic E-state index is -3.86. The maximum atomic E-state index is 13.1. The molecule has 0 saturated carbocycles. The molecule has 3 rings (SSSR count). The maximum absolute atomic E-state index is 13.1. The van der Waals surface area contributed by atoms with Gasteiger partial charge < -0.3 is 20.1 Å². The zero-order chi connectivity index (χ0) is 26.3. The van der Waals surface area contributed by atoms with E-state index in [1.165, 1.54) is 14.2 Å². The summed E-state index contributed by atoms with van der Waals surface area (Å²) in [6.45, 7) is 6.88. The Bertz CT molecular complexity index is 1310. The first-order valence-electron chi connectivity index (χ1n) is 11.6. The average molecular weight is 512 g/mol. The van der Waals surface area contributed by atoms with Gasteiger partial charge in [0, 0.05) is 24.5 Å². The quantitative estimate of drug-likeness (QED) is 0.320. The zero-order valence-electron chi connectivity index (χ0n) is 21.2. The van der Waals surface area contributed by atoms with Crippen molar-refractivity contribution < 1.29 is 22.7 Å². The predicted octanol–water partition coefficient (Wildman–Crippen LogP) is 4.78. The standard InChI is InChI=1S/C27H33N3O5S/c1-18(2)23-17-26(25(35-5)16-19(23)3)36(32,33)30-21-12-10-20(11-13-21)28-14-15-29-27(31)22-8-6-7-9-24(22)34-4/h6-13,16-18,28,30H,14-15H2,1-5H3,(H,29,31). The largest absolute Gasteiger partial charge is 0.496 e. The van der Waals surface area contributed by atoms with Crippen molar-refractivity contribution in [2.45, 2.75) is 31.6 Å². The molecule has 8 nitrogen and oxygen atoms in total. The molecule has 0 fully saturated rings. The van der Waals surface area contributed by atoms with E-state index in [1.54, 1.807) is 60.7 Å². The SMILES string of the molecule is COc1ccccc1C(=O)NCCNc1ccc(NS(=O)(=O)c2cc(C(C)C)c(C)cc2OC)cc1. The summed E-state index contributed by atoms with van der Waals surface area (Å²) >= 11 is 0. The van der Waals surface area contributed by atoms with Crippen LogP contribution in [-0.2, 0) is 10.0 Å². The lowest BCUT2D eigenvalue weighted by atomic mass is 9.98. The van der Waals surface area contributed by atoms with Crippen molar-refractivity contribution in [2.24, 2.45) is 0 Å². The highest BCUT2D eigenvalue weighted by Crippen LogP contribution is 2.32. The minimum absolute atomic E-state index is 0.104. The van der Waals surface area contributed by atoms with Crippen LogP contribution in [0.15, 0.2) is 65.6 Å². The minimum Gasteiger partial charge on any atom is -0.496 e. The average Bonchev–Trinajstić information content (AvgIpc) is 2.86. The van der Waals surface area contributed by atoms with Crippen molar-refractivity contribution in [2.75, 3.05) is 37.3 Å². The molecule has 0 aliphatic rings. The van der Waals surface area contributed by atoms with E-state index in [0.29, 0.717) is 35.8 Å². The van der Waals surface area contributed by atoms with Crippen molar-refractivity contribution >= 4 is 27.3 Å². The molecule has 36 heavy (non-hydrogen) atoms. The number of methoxy groups -OCH3 is 2. The molecular weight excluding hydrogens is 478 g/mol. The summed E-state index contributed by atoms with van der Waals surface area (Å²) in [5, 5.41) is 6.05. The smallest absolute Gasteiger partial charge is 0.265 e. The highest BCUT2D eigenvalue weighted by molar-refractivity contribution is 7.92. The molecule has 0 aromatic heterocycles. The third kappa shape index (κ3) is 6.48. The number of hydrogen-bond donors (Lipinski definition) is 3. The number of sulfonamides is 1. The summed E-state index contributed by atoms with van der Waals surface area (Å²) in [6.07, 6.45) is 0. The van der Waals surface area contributed by atoms with Crippen molar-refractivity contribution in [1.29, 1.82) is 0 Å². The normalized spacial score (nSPS) is 11.2. The first-order chi connectivity index (χ1) is 17.2. The Morgan fingerprint density at radius 3 is 2.17 bits per heavy atom. The highest BCUT2D eigenvalue weighted by Gasteiger charge is 2.22. The molecule has 0 radical (unpaired) electrons. The van der Waals surface area contributed by atoms with Crippen LogP contribution in [0.25, 0.3) is 0 Å². The van der Waals surface area contributed by atoms with Crippen LogP contribution in [0.3, 0.4) is 0 Å². The number of hydrogen-bond acceptors (Lipinski definition) is 6. The predicted molar refractivity (Wildman–Crippen MR) is 143 cm³/mol. The number of benzene rings is 3. The number of amides is 1. The van der Waals surface area contributed by atoms with Gasteiger partial charge in [0.1, 0.15) is 16.4 Å². The molecule has 0 bridgehead atoms. The molecule has 9 heteroatoms. The van der Waals surface area contributed by atoms with Gasteiger partial charge in [-0.25, -0.2) is 8.42 Å². The van der Waals surface area contributed by atoms with Crippen LogP contribution in [0.5, 0.6) is 11.5 Å². The lowest BCUT2D eigenvalue weighted by molar-refractivity contribution is 0.0952. The van der Waals surface area contributed by atoms with Gasteiger partial charge in [0.2, 0.25) is 0 Å². The van der Waals surface area contributed by atoms with E-state index in [2.05, 4.69) is 15.4 Å². The monoisotopic (exact) mass is 511 g/mol. The van der Waals surface area contributed by atoms with Gasteiger partial charge in [0.15, 0.2) is 0 Å². The van der Waals surface area contributed by atoms with Gasteiger partial charge in [-0.1, -0.05) is 26.0 Å². The molecule has 3 aromatic carbocycles. The van der Waals surface area contributed by atoms with E-state index >= 15 is 0 Å². The molecule has 0 aliphatic carbocycles. The fraction of sp³-hybridized carbons (Fsp3) is 0.296. The molecule has 3 N–H and O–H groups in total. The van der Waals surface area contributed by atoms with Crippen LogP contribution < -0.4 is 24.8 Å². The number of aryl methyl sites for hydroxylation is 1. The van der Waals surface area contributed by atoms with Gasteiger partial charge in [-0.05, 0) is 72.5 Å². The zero-order valence-corrected chi connectivity index (χ0v) is 22.0. The van der Waals surface area contributed by atoms with Gasteiger partial charge in [-0.15, -0.1) is 0 Å². The van der Waals surface area contributed by atoms with E-state index in [9.17, 15) is 13.2 Å². The second-order valence-corrected chi connectivity index (χ2v) is 10.2. The van der Waals surface area contributed by atoms with Crippen LogP contribution in [0.2, 0.25) is 0 Å². The first-order valence-corrected chi connectivity index (χ1v) is 13.1. The number of nitrogens with one attached hydrogen (secondary N) is 3. The molecule has 192 valence electrons. The Hall–Kier alpha value is -3.72. The van der Waals surface area contributed by atoms with E-state index in [0.717, 1.165) is 16.8 Å². The van der Waals surface area contributed by atoms with E-state index in [4.69, 9.17) is 9.47 Å². The Labute approximate surface area is 213 Å². The van der Waals surface area contributed by atoms with Crippen LogP contribution in [0.4, 0.5) is 11.4 Å². The number of ether oxygens (including phenoxy) is 2. The highest BCUT2D eigenvalue weighted by atomic mass is 32.2. The summed E-state index contributed by atoms with van der Waals surface area (Å²) < 4.78 is 39.5. The molecule has 0 aliphatic heterocycles. The summed E-state index contributed by atoms with van der Waals surface area (Å²) in [5.74, 6) is 0.781. The van der Waals surface area contributed by atoms with Gasteiger partial charge in [0.05, 0.1) is 19.8 Å². The molecule has 3 aromatic rings. The van der Waals surface area contributed by atoms with Crippen LogP contribution in [0.1, 0.15) is 41.3 Å². The molecular formula is C27H33N3O5S. The van der Waals surface area contributed by atoms with Gasteiger partial charge >= 0.3 is 0 Å². The summed E-state index contributed by atoms with van der Waals surface area (Å²) in [7, 11) is -0.872. The third-order valence-electron chi connectivity index (χ3n) is 5.69. The summed E-state index contributed by atoms with van der Waals surface area (Å²) in [4.78, 5) is 12.5. The number of anilines is 2. The van der Waals surface area contributed by atoms with Crippen LogP contribution in [-0.4, -0.2) is 41.6 Å². The van der Waals surface area contributed by atoms with Crippen molar-refractivity contribution in [3.05, 3.63) is 77.4 Å². The Morgan fingerprint density at radius 1 is 0.889 bits per heavy atom. The molecule has 1 amide bonds. The second kappa shape index (κ2) is 11.8. The van der Waals surface area contributed by atoms with E-state index < -0.39 is 10.0 Å². The molecule has 0 saturated heterocycles. The molecule has 0 unspecified atom stereocenters. The second-order valence-electron chi connectivity index (χ2n) is 8.58.